The second-order valence-corrected chi connectivity index (χ2v) is 13.4. The Hall–Kier alpha value is -0.603. The predicted molar refractivity (Wildman–Crippen MR) is 115 cm³/mol. The number of hydrogen-bond donors (Lipinski definition) is 0. The summed E-state index contributed by atoms with van der Waals surface area (Å²) in [6.07, 6.45) is -10.1. The van der Waals surface area contributed by atoms with Crippen molar-refractivity contribution in [1.29, 1.82) is 0 Å². The summed E-state index contributed by atoms with van der Waals surface area (Å²) in [6, 6.07) is 0.789. The van der Waals surface area contributed by atoms with Crippen LogP contribution < -0.4 is 0 Å². The van der Waals surface area contributed by atoms with Gasteiger partial charge in [-0.25, -0.2) is 0 Å². The van der Waals surface area contributed by atoms with Gasteiger partial charge in [0.25, 0.3) is 0 Å². The van der Waals surface area contributed by atoms with Gasteiger partial charge in [-0.05, 0) is 36.1 Å². The second kappa shape index (κ2) is 11.9. The highest BCUT2D eigenvalue weighted by Gasteiger charge is 2.33. The molecule has 1 aromatic carbocycles. The molecule has 0 N–H and O–H groups in total. The maximum atomic E-state index is 8.41. The Labute approximate surface area is 176 Å². The Balaban J connectivity index is 2.84. The van der Waals surface area contributed by atoms with Crippen LogP contribution in [-0.2, 0) is 11.1 Å². The average Bonchev–Trinajstić information content (AvgIpc) is 2.67. The molecule has 0 fully saturated rings. The predicted octanol–water partition coefficient (Wildman–Crippen LogP) is 7.48. The highest BCUT2D eigenvalue weighted by molar-refractivity contribution is 6.80. The van der Waals surface area contributed by atoms with Crippen molar-refractivity contribution in [3.63, 3.8) is 0 Å². The lowest BCUT2D eigenvalue weighted by Crippen LogP contribution is -2.36. The Morgan fingerprint density at radius 3 is 2.36 bits per heavy atom. The molecule has 1 aromatic rings. The van der Waals surface area contributed by atoms with Gasteiger partial charge < -0.3 is 4.74 Å². The lowest BCUT2D eigenvalue weighted by molar-refractivity contribution is 0.126. The molecule has 0 bridgehead atoms. The molecule has 1 nitrogen and oxygen atoms in total. The van der Waals surface area contributed by atoms with Crippen LogP contribution in [0, 0.1) is 0 Å². The van der Waals surface area contributed by atoms with Gasteiger partial charge in [0.1, 0.15) is 0 Å². The number of unbranched alkanes of at least 4 members (excludes halogenated alkanes) is 2. The fraction of sp³-hybridized carbons (Fsp3) is 0.739. The van der Waals surface area contributed by atoms with E-state index in [4.69, 9.17) is 22.6 Å². The average molecular weight is 376 g/mol. The summed E-state index contributed by atoms with van der Waals surface area (Å²) in [5, 5.41) is 0.0644. The molecular formula is C23H42OSi. The molecule has 2 heteroatoms. The molecule has 0 aliphatic heterocycles. The van der Waals surface area contributed by atoms with Crippen molar-refractivity contribution < 1.29 is 22.6 Å². The summed E-state index contributed by atoms with van der Waals surface area (Å²) < 4.78 is 111. The van der Waals surface area contributed by atoms with Gasteiger partial charge in [0.2, 0.25) is 0 Å². The first-order chi connectivity index (χ1) is 16.7. The standard InChI is InChI=1S/C23H42OSi/c1-23(2,3)25(4,5)21-15-8-6-7-13-19-24-20-14-12-18-22-16-10-9-11-17-22/h9-11,16-17H,6-8,12-15,18-21H2,1-5H3/i9D,12D2,14D2,15D2,16D,17D,18D2,20D2. The molecule has 0 atom stereocenters. The van der Waals surface area contributed by atoms with Gasteiger partial charge in [-0.15, -0.1) is 0 Å². The van der Waals surface area contributed by atoms with Crippen LogP contribution in [0.2, 0.25) is 24.2 Å². The zero-order chi connectivity index (χ0) is 30.2. The van der Waals surface area contributed by atoms with Crippen LogP contribution in [0.1, 0.15) is 89.0 Å². The van der Waals surface area contributed by atoms with Crippen LogP contribution in [0.3, 0.4) is 0 Å². The molecular weight excluding hydrogens is 320 g/mol. The van der Waals surface area contributed by atoms with E-state index in [1.54, 1.807) is 0 Å². The van der Waals surface area contributed by atoms with E-state index in [0.717, 1.165) is 12.1 Å². The summed E-state index contributed by atoms with van der Waals surface area (Å²) in [4.78, 5) is 0. The van der Waals surface area contributed by atoms with E-state index in [1.165, 1.54) is 0 Å². The fourth-order valence-corrected chi connectivity index (χ4v) is 3.19. The summed E-state index contributed by atoms with van der Waals surface area (Å²) in [5.41, 5.74) is -0.773. The largest absolute Gasteiger partial charge is 0.381 e. The highest BCUT2D eigenvalue weighted by Crippen LogP contribution is 2.39. The van der Waals surface area contributed by atoms with Gasteiger partial charge >= 0.3 is 0 Å². The fourth-order valence-electron chi connectivity index (χ4n) is 1.86. The maximum absolute atomic E-state index is 8.41. The van der Waals surface area contributed by atoms with Gasteiger partial charge in [0.15, 0.2) is 0 Å². The van der Waals surface area contributed by atoms with Gasteiger partial charge in [-0.1, -0.05) is 95.8 Å². The smallest absolute Gasteiger partial charge is 0.0626 e. The van der Waals surface area contributed by atoms with Gasteiger partial charge in [-0.2, -0.15) is 0 Å². The second-order valence-electron chi connectivity index (χ2n) is 7.82. The number of rotatable bonds is 13. The molecule has 0 saturated carbocycles. The molecule has 0 heterocycles. The minimum absolute atomic E-state index is 0.0644. The van der Waals surface area contributed by atoms with Crippen LogP contribution in [0.5, 0.6) is 0 Å². The van der Waals surface area contributed by atoms with E-state index >= 15 is 0 Å². The minimum Gasteiger partial charge on any atom is -0.381 e. The first kappa shape index (κ1) is 9.55. The SMILES string of the molecule is [2H]c1cc([2H])c(C([2H])([2H])C([2H])([2H])C([2H])([2H])C([2H])([2H])OCCCCCC([2H])([2H])C[Si](C)(C)C(C)(C)C)c([2H])c1. The van der Waals surface area contributed by atoms with E-state index in [2.05, 4.69) is 33.9 Å². The normalized spacial score (nSPS) is 23.0. The molecule has 144 valence electrons. The third-order valence-electron chi connectivity index (χ3n) is 4.67. The molecule has 0 spiro atoms. The monoisotopic (exact) mass is 375 g/mol. The van der Waals surface area contributed by atoms with Crippen LogP contribution in [0.4, 0.5) is 0 Å². The number of hydrogen-bond acceptors (Lipinski definition) is 1. The van der Waals surface area contributed by atoms with Crippen molar-refractivity contribution in [2.75, 3.05) is 13.2 Å². The number of benzene rings is 1. The zero-order valence-electron chi connectivity index (χ0n) is 29.3. The lowest BCUT2D eigenvalue weighted by atomic mass is 10.1. The van der Waals surface area contributed by atoms with Crippen molar-refractivity contribution in [3.8, 4) is 0 Å². The molecule has 0 saturated heterocycles. The number of ether oxygens (including phenoxy) is 1. The van der Waals surface area contributed by atoms with Gasteiger partial charge in [-0.3, -0.25) is 0 Å². The third-order valence-corrected chi connectivity index (χ3v) is 9.86. The minimum atomic E-state index is -3.56. The van der Waals surface area contributed by atoms with E-state index in [1.807, 2.05) is 0 Å². The van der Waals surface area contributed by atoms with Crippen molar-refractivity contribution in [3.05, 3.63) is 35.8 Å². The quantitative estimate of drug-likeness (QED) is 0.256. The summed E-state index contributed by atoms with van der Waals surface area (Å²) in [6.45, 7) is 7.23. The summed E-state index contributed by atoms with van der Waals surface area (Å²) >= 11 is 0. The van der Waals surface area contributed by atoms with Crippen LogP contribution in [-0.4, -0.2) is 21.2 Å². The van der Waals surface area contributed by atoms with Crippen LogP contribution >= 0.6 is 0 Å². The third kappa shape index (κ3) is 10.2. The van der Waals surface area contributed by atoms with E-state index < -0.39 is 57.8 Å². The first-order valence-electron chi connectivity index (χ1n) is 15.5. The van der Waals surface area contributed by atoms with Crippen molar-refractivity contribution in [2.24, 2.45) is 0 Å². The maximum Gasteiger partial charge on any atom is 0.0626 e. The van der Waals surface area contributed by atoms with Crippen LogP contribution in [0.25, 0.3) is 0 Å². The molecule has 0 amide bonds. The zero-order valence-corrected chi connectivity index (χ0v) is 17.3. The van der Waals surface area contributed by atoms with E-state index in [9.17, 15) is 0 Å². The van der Waals surface area contributed by atoms with Gasteiger partial charge in [0, 0.05) is 24.1 Å². The first-order valence-corrected chi connectivity index (χ1v) is 12.2. The van der Waals surface area contributed by atoms with Crippen LogP contribution in [0.15, 0.2) is 30.3 Å². The molecule has 1 rings (SSSR count). The molecule has 0 aliphatic carbocycles. The summed E-state index contributed by atoms with van der Waals surface area (Å²) in [7, 11) is -1.82. The van der Waals surface area contributed by atoms with E-state index in [-0.39, 0.29) is 24.1 Å². The Morgan fingerprint density at radius 1 is 1.00 bits per heavy atom. The van der Waals surface area contributed by atoms with Crippen molar-refractivity contribution >= 4 is 8.07 Å². The topological polar surface area (TPSA) is 9.23 Å². The Kier molecular flexibility index (Phi) is 4.55. The molecule has 0 radical (unpaired) electrons. The molecule has 25 heavy (non-hydrogen) atoms. The van der Waals surface area contributed by atoms with Gasteiger partial charge in [0.05, 0.1) is 14.9 Å². The highest BCUT2D eigenvalue weighted by atomic mass is 28.3. The molecule has 0 aliphatic rings. The van der Waals surface area contributed by atoms with E-state index in [0.29, 0.717) is 25.3 Å². The molecule has 0 aromatic heterocycles. The lowest BCUT2D eigenvalue weighted by Gasteiger charge is -2.37. The Morgan fingerprint density at radius 2 is 1.68 bits per heavy atom. The van der Waals surface area contributed by atoms with Crippen molar-refractivity contribution in [2.45, 2.75) is 96.1 Å². The Bertz CT molecular complexity index is 932. The summed E-state index contributed by atoms with van der Waals surface area (Å²) in [5.74, 6) is 0. The molecule has 0 unspecified atom stereocenters. The van der Waals surface area contributed by atoms with Crippen molar-refractivity contribution in [1.82, 2.24) is 0 Å².